The molecular weight excluding hydrogens is 528 g/mol. The maximum absolute atomic E-state index is 13.8. The summed E-state index contributed by atoms with van der Waals surface area (Å²) in [6.45, 7) is 4.53. The summed E-state index contributed by atoms with van der Waals surface area (Å²) < 4.78 is 65.6. The maximum atomic E-state index is 13.8. The summed E-state index contributed by atoms with van der Waals surface area (Å²) in [5.74, 6) is -0.207. The number of sulfonamides is 1. The molecule has 0 aliphatic carbocycles. The molecule has 2 aliphatic heterocycles. The summed E-state index contributed by atoms with van der Waals surface area (Å²) in [5.41, 5.74) is 0.395. The van der Waals surface area contributed by atoms with Gasteiger partial charge in [0, 0.05) is 19.1 Å². The van der Waals surface area contributed by atoms with Gasteiger partial charge in [-0.15, -0.1) is 0 Å². The number of hydrogen-bond donors (Lipinski definition) is 1. The molecule has 1 spiro atoms. The zero-order chi connectivity index (χ0) is 28.2. The van der Waals surface area contributed by atoms with Crippen molar-refractivity contribution in [2.24, 2.45) is 5.92 Å². The van der Waals surface area contributed by atoms with E-state index in [1.807, 2.05) is 11.8 Å². The minimum absolute atomic E-state index is 0.00819. The molecule has 2 aromatic carbocycles. The molecule has 0 bridgehead atoms. The first-order valence-electron chi connectivity index (χ1n) is 13.3. The summed E-state index contributed by atoms with van der Waals surface area (Å²) in [7, 11) is -3.76. The molecule has 0 unspecified atom stereocenters. The number of hydrogen-bond acceptors (Lipinski definition) is 6. The van der Waals surface area contributed by atoms with E-state index in [-0.39, 0.29) is 53.9 Å². The van der Waals surface area contributed by atoms with Gasteiger partial charge in [-0.1, -0.05) is 43.7 Å². The number of anilines is 1. The number of likely N-dealkylation sites (tertiary alicyclic amines) is 1. The monoisotopic (exact) mass is 565 g/mol. The Hall–Kier alpha value is -2.60. The number of rotatable bonds is 9. The summed E-state index contributed by atoms with van der Waals surface area (Å²) in [4.78, 5) is 15.0. The maximum Gasteiger partial charge on any atom is 0.387 e. The van der Waals surface area contributed by atoms with Crippen molar-refractivity contribution in [1.82, 2.24) is 9.21 Å². The van der Waals surface area contributed by atoms with Crippen molar-refractivity contribution in [2.45, 2.75) is 63.2 Å². The number of piperidine rings is 1. The van der Waals surface area contributed by atoms with Gasteiger partial charge in [0.05, 0.1) is 29.3 Å². The van der Waals surface area contributed by atoms with Crippen LogP contribution in [0.3, 0.4) is 0 Å². The number of alkyl halides is 2. The Kier molecular flexibility index (Phi) is 9.25. The molecule has 0 saturated carbocycles. The van der Waals surface area contributed by atoms with E-state index in [9.17, 15) is 22.0 Å². The highest BCUT2D eigenvalue weighted by Gasteiger charge is 2.47. The molecule has 2 saturated heterocycles. The van der Waals surface area contributed by atoms with Crippen LogP contribution < -0.4 is 10.1 Å². The number of carbonyl (C=O) groups excluding carboxylic acids is 1. The van der Waals surface area contributed by atoms with Crippen LogP contribution in [0.2, 0.25) is 0 Å². The summed E-state index contributed by atoms with van der Waals surface area (Å²) in [6, 6.07) is 12.6. The first kappa shape index (κ1) is 29.4. The van der Waals surface area contributed by atoms with Crippen LogP contribution in [0.4, 0.5) is 14.5 Å². The molecular formula is C28H37F2N3O5S. The number of amides is 1. The quantitative estimate of drug-likeness (QED) is 0.482. The van der Waals surface area contributed by atoms with E-state index in [1.165, 1.54) is 12.1 Å². The van der Waals surface area contributed by atoms with Crippen LogP contribution in [-0.2, 0) is 19.6 Å². The van der Waals surface area contributed by atoms with Gasteiger partial charge in [-0.3, -0.25) is 9.69 Å². The van der Waals surface area contributed by atoms with Gasteiger partial charge in [0.15, 0.2) is 0 Å². The molecule has 2 atom stereocenters. The van der Waals surface area contributed by atoms with Crippen molar-refractivity contribution < 1.29 is 31.5 Å². The highest BCUT2D eigenvalue weighted by atomic mass is 32.2. The highest BCUT2D eigenvalue weighted by Crippen LogP contribution is 2.35. The van der Waals surface area contributed by atoms with Crippen LogP contribution in [0.15, 0.2) is 53.4 Å². The molecule has 0 aromatic heterocycles. The Morgan fingerprint density at radius 3 is 2.56 bits per heavy atom. The van der Waals surface area contributed by atoms with Crippen LogP contribution in [0.1, 0.15) is 38.7 Å². The average molecular weight is 566 g/mol. The molecule has 0 radical (unpaired) electrons. The number of morpholine rings is 1. The fourth-order valence-corrected chi connectivity index (χ4v) is 7.10. The Balaban J connectivity index is 1.49. The van der Waals surface area contributed by atoms with E-state index >= 15 is 0 Å². The standard InChI is InChI=1S/C28H37F2N3O5S/c1-20(2)15-22-17-37-28(19-33(22)39(35,36)23-11-9-21(3)10-12-23)13-6-14-32(18-28)16-26(34)31-24-7-4-5-8-25(24)38-27(29)30/h4-5,7-12,20,22,27H,6,13-19H2,1-3H3,(H,31,34)/t22-,28-/m0/s1. The van der Waals surface area contributed by atoms with E-state index in [2.05, 4.69) is 23.9 Å². The van der Waals surface area contributed by atoms with Gasteiger partial charge >= 0.3 is 6.61 Å². The zero-order valence-corrected chi connectivity index (χ0v) is 23.4. The third-order valence-corrected chi connectivity index (χ3v) is 9.08. The number of nitrogens with one attached hydrogen (secondary N) is 1. The largest absolute Gasteiger partial charge is 0.433 e. The molecule has 214 valence electrons. The van der Waals surface area contributed by atoms with Crippen molar-refractivity contribution in [2.75, 3.05) is 38.1 Å². The number of para-hydroxylation sites is 2. The average Bonchev–Trinajstić information content (AvgIpc) is 2.86. The van der Waals surface area contributed by atoms with Crippen molar-refractivity contribution >= 4 is 21.6 Å². The van der Waals surface area contributed by atoms with Gasteiger partial charge < -0.3 is 14.8 Å². The second kappa shape index (κ2) is 12.3. The lowest BCUT2D eigenvalue weighted by molar-refractivity contribution is -0.146. The van der Waals surface area contributed by atoms with E-state index in [4.69, 9.17) is 4.74 Å². The van der Waals surface area contributed by atoms with Crippen LogP contribution in [0.25, 0.3) is 0 Å². The van der Waals surface area contributed by atoms with Crippen LogP contribution >= 0.6 is 0 Å². The lowest BCUT2D eigenvalue weighted by Gasteiger charge is -2.50. The SMILES string of the molecule is Cc1ccc(S(=O)(=O)N2C[C@@]3(CCCN(CC(=O)Nc4ccccc4OC(F)F)C3)OC[C@@H]2CC(C)C)cc1. The molecule has 2 heterocycles. The third kappa shape index (κ3) is 7.33. The molecule has 2 fully saturated rings. The van der Waals surface area contributed by atoms with Crippen LogP contribution in [-0.4, -0.2) is 74.6 Å². The number of ether oxygens (including phenoxy) is 2. The van der Waals surface area contributed by atoms with Crippen LogP contribution in [0, 0.1) is 12.8 Å². The van der Waals surface area contributed by atoms with E-state index < -0.39 is 22.2 Å². The molecule has 2 aliphatic rings. The van der Waals surface area contributed by atoms with Crippen LogP contribution in [0.5, 0.6) is 5.75 Å². The Bertz CT molecular complexity index is 1240. The minimum atomic E-state index is -3.76. The fraction of sp³-hybridized carbons (Fsp3) is 0.536. The number of carbonyl (C=O) groups is 1. The summed E-state index contributed by atoms with van der Waals surface area (Å²) >= 11 is 0. The number of aryl methyl sites for hydroxylation is 1. The van der Waals surface area contributed by atoms with Gasteiger partial charge in [0.25, 0.3) is 0 Å². The Morgan fingerprint density at radius 2 is 1.87 bits per heavy atom. The van der Waals surface area contributed by atoms with Crippen molar-refractivity contribution in [3.8, 4) is 5.75 Å². The van der Waals surface area contributed by atoms with E-state index in [1.54, 1.807) is 40.7 Å². The second-order valence-electron chi connectivity index (χ2n) is 10.9. The first-order chi connectivity index (χ1) is 18.5. The molecule has 2 aromatic rings. The number of halogens is 2. The first-order valence-corrected chi connectivity index (χ1v) is 14.7. The minimum Gasteiger partial charge on any atom is -0.433 e. The van der Waals surface area contributed by atoms with Gasteiger partial charge in [-0.2, -0.15) is 13.1 Å². The third-order valence-electron chi connectivity index (χ3n) is 7.17. The van der Waals surface area contributed by atoms with Gasteiger partial charge in [0.2, 0.25) is 15.9 Å². The molecule has 4 rings (SSSR count). The van der Waals surface area contributed by atoms with Crippen molar-refractivity contribution in [3.63, 3.8) is 0 Å². The van der Waals surface area contributed by atoms with Crippen molar-refractivity contribution in [3.05, 3.63) is 54.1 Å². The van der Waals surface area contributed by atoms with E-state index in [0.29, 0.717) is 25.9 Å². The topological polar surface area (TPSA) is 88.2 Å². The smallest absolute Gasteiger partial charge is 0.387 e. The second-order valence-corrected chi connectivity index (χ2v) is 12.8. The fourth-order valence-electron chi connectivity index (χ4n) is 5.41. The van der Waals surface area contributed by atoms with E-state index in [0.717, 1.165) is 12.0 Å². The Labute approximate surface area is 229 Å². The molecule has 8 nitrogen and oxygen atoms in total. The Morgan fingerprint density at radius 1 is 1.15 bits per heavy atom. The molecule has 1 amide bonds. The lowest BCUT2D eigenvalue weighted by Crippen LogP contribution is -2.64. The molecule has 1 N–H and O–H groups in total. The predicted molar refractivity (Wildman–Crippen MR) is 144 cm³/mol. The lowest BCUT2D eigenvalue weighted by atomic mass is 9.89. The normalized spacial score (nSPS) is 22.9. The number of benzene rings is 2. The highest BCUT2D eigenvalue weighted by molar-refractivity contribution is 7.89. The van der Waals surface area contributed by atoms with Gasteiger partial charge in [-0.05, 0) is 62.9 Å². The van der Waals surface area contributed by atoms with Gasteiger partial charge in [-0.25, -0.2) is 8.42 Å². The molecule has 11 heteroatoms. The summed E-state index contributed by atoms with van der Waals surface area (Å²) in [6.07, 6.45) is 2.07. The van der Waals surface area contributed by atoms with Gasteiger partial charge in [0.1, 0.15) is 5.75 Å². The number of nitrogens with zero attached hydrogens (tertiary/aromatic N) is 2. The molecule has 39 heavy (non-hydrogen) atoms. The van der Waals surface area contributed by atoms with Crippen molar-refractivity contribution in [1.29, 1.82) is 0 Å². The summed E-state index contributed by atoms with van der Waals surface area (Å²) in [5, 5.41) is 2.66. The predicted octanol–water partition coefficient (Wildman–Crippen LogP) is 4.51. The zero-order valence-electron chi connectivity index (χ0n) is 22.6.